The Labute approximate surface area is 141 Å². The molecular weight excluding hydrogens is 380 g/mol. The second-order valence-corrected chi connectivity index (χ2v) is 6.00. The summed E-state index contributed by atoms with van der Waals surface area (Å²) in [5.41, 5.74) is 1.52. The van der Waals surface area contributed by atoms with Gasteiger partial charge in [0.05, 0.1) is 21.8 Å². The maximum absolute atomic E-state index is 13.4. The van der Waals surface area contributed by atoms with E-state index in [1.54, 1.807) is 18.2 Å². The van der Waals surface area contributed by atoms with Crippen LogP contribution in [0.4, 0.5) is 10.1 Å². The molecular formula is C15H13BrCl2FNO. The molecule has 112 valence electrons. The minimum atomic E-state index is -0.437. The average molecular weight is 393 g/mol. The van der Waals surface area contributed by atoms with Gasteiger partial charge in [-0.05, 0) is 52.7 Å². The predicted octanol–water partition coefficient (Wildman–Crippen LogP) is 5.91. The lowest BCUT2D eigenvalue weighted by molar-refractivity contribution is 0.339. The van der Waals surface area contributed by atoms with Crippen molar-refractivity contribution in [3.63, 3.8) is 0 Å². The van der Waals surface area contributed by atoms with E-state index in [1.807, 2.05) is 6.92 Å². The Kier molecular flexibility index (Phi) is 5.73. The molecule has 2 rings (SSSR count). The third-order valence-corrected chi connectivity index (χ3v) is 3.88. The van der Waals surface area contributed by atoms with E-state index >= 15 is 0 Å². The van der Waals surface area contributed by atoms with E-state index < -0.39 is 5.82 Å². The van der Waals surface area contributed by atoms with Crippen molar-refractivity contribution in [1.29, 1.82) is 0 Å². The van der Waals surface area contributed by atoms with Gasteiger partial charge in [-0.2, -0.15) is 0 Å². The summed E-state index contributed by atoms with van der Waals surface area (Å²) < 4.78 is 19.8. The summed E-state index contributed by atoms with van der Waals surface area (Å²) >= 11 is 15.1. The Balaban J connectivity index is 2.20. The minimum Gasteiger partial charge on any atom is -0.491 e. The molecule has 0 unspecified atom stereocenters. The first-order valence-electron chi connectivity index (χ1n) is 6.31. The number of rotatable bonds is 5. The van der Waals surface area contributed by atoms with Crippen LogP contribution in [0.3, 0.4) is 0 Å². The molecule has 0 aliphatic carbocycles. The van der Waals surface area contributed by atoms with Gasteiger partial charge in [0.15, 0.2) is 5.75 Å². The number of benzene rings is 2. The van der Waals surface area contributed by atoms with E-state index in [9.17, 15) is 4.39 Å². The molecule has 0 aromatic heterocycles. The fourth-order valence-corrected chi connectivity index (χ4v) is 2.87. The van der Waals surface area contributed by atoms with E-state index in [2.05, 4.69) is 21.2 Å². The summed E-state index contributed by atoms with van der Waals surface area (Å²) in [7, 11) is 0. The van der Waals surface area contributed by atoms with Crippen LogP contribution in [0.2, 0.25) is 10.0 Å². The Morgan fingerprint density at radius 1 is 1.24 bits per heavy atom. The molecule has 0 amide bonds. The number of hydrogen-bond donors (Lipinski definition) is 1. The van der Waals surface area contributed by atoms with Crippen molar-refractivity contribution in [1.82, 2.24) is 0 Å². The molecule has 0 bridgehead atoms. The lowest BCUT2D eigenvalue weighted by Gasteiger charge is -2.15. The van der Waals surface area contributed by atoms with Crippen molar-refractivity contribution < 1.29 is 9.13 Å². The van der Waals surface area contributed by atoms with E-state index in [1.165, 1.54) is 12.1 Å². The minimum absolute atomic E-state index is 0.110. The molecule has 0 radical (unpaired) electrons. The zero-order valence-electron chi connectivity index (χ0n) is 11.2. The quantitative estimate of drug-likeness (QED) is 0.683. The second kappa shape index (κ2) is 7.34. The summed E-state index contributed by atoms with van der Waals surface area (Å²) in [6.07, 6.45) is 0. The summed E-state index contributed by atoms with van der Waals surface area (Å²) in [5, 5.41) is 3.88. The van der Waals surface area contributed by atoms with Crippen LogP contribution in [0.15, 0.2) is 34.8 Å². The molecule has 0 fully saturated rings. The highest BCUT2D eigenvalue weighted by molar-refractivity contribution is 9.10. The number of anilines is 1. The summed E-state index contributed by atoms with van der Waals surface area (Å²) in [6, 6.07) is 8.22. The molecule has 0 saturated heterocycles. The van der Waals surface area contributed by atoms with Crippen molar-refractivity contribution in [3.05, 3.63) is 56.2 Å². The predicted molar refractivity (Wildman–Crippen MR) is 89.1 cm³/mol. The van der Waals surface area contributed by atoms with Gasteiger partial charge < -0.3 is 10.1 Å². The molecule has 2 aromatic carbocycles. The van der Waals surface area contributed by atoms with Gasteiger partial charge in [0, 0.05) is 11.6 Å². The number of hydrogen-bond acceptors (Lipinski definition) is 2. The molecule has 2 nitrogen and oxygen atoms in total. The third-order valence-electron chi connectivity index (χ3n) is 2.76. The van der Waals surface area contributed by atoms with Crippen molar-refractivity contribution in [2.75, 3.05) is 11.9 Å². The smallest absolute Gasteiger partial charge is 0.156 e. The van der Waals surface area contributed by atoms with Crippen LogP contribution in [-0.2, 0) is 6.54 Å². The summed E-state index contributed by atoms with van der Waals surface area (Å²) in [6.45, 7) is 2.87. The van der Waals surface area contributed by atoms with Crippen LogP contribution >= 0.6 is 39.1 Å². The summed E-state index contributed by atoms with van der Waals surface area (Å²) in [5.74, 6) is 0.240. The van der Waals surface area contributed by atoms with E-state index in [0.717, 1.165) is 15.7 Å². The zero-order chi connectivity index (χ0) is 15.4. The van der Waals surface area contributed by atoms with Gasteiger partial charge in [-0.1, -0.05) is 29.3 Å². The molecule has 0 aliphatic rings. The normalized spacial score (nSPS) is 10.5. The van der Waals surface area contributed by atoms with Crippen molar-refractivity contribution >= 4 is 44.8 Å². The number of halogens is 4. The molecule has 0 atom stereocenters. The van der Waals surface area contributed by atoms with Gasteiger partial charge in [-0.25, -0.2) is 4.39 Å². The van der Waals surface area contributed by atoms with E-state index in [0.29, 0.717) is 23.9 Å². The highest BCUT2D eigenvalue weighted by Gasteiger charge is 2.10. The van der Waals surface area contributed by atoms with Gasteiger partial charge in [0.1, 0.15) is 5.82 Å². The number of nitrogens with one attached hydrogen (secondary N) is 1. The third kappa shape index (κ3) is 4.25. The first-order valence-corrected chi connectivity index (χ1v) is 7.85. The Morgan fingerprint density at radius 2 is 2.00 bits per heavy atom. The standard InChI is InChI=1S/C15H13BrCl2FNO/c1-2-21-15-11(16)6-10(17)7-14(15)20-8-9-3-4-12(18)13(19)5-9/h3-7,20H,2,8H2,1H3. The molecule has 6 heteroatoms. The SMILES string of the molecule is CCOc1c(Br)cc(Cl)cc1NCc1ccc(Cl)c(F)c1. The molecule has 21 heavy (non-hydrogen) atoms. The maximum atomic E-state index is 13.4. The van der Waals surface area contributed by atoms with Crippen LogP contribution in [0, 0.1) is 5.82 Å². The zero-order valence-corrected chi connectivity index (χ0v) is 14.3. The molecule has 0 heterocycles. The van der Waals surface area contributed by atoms with Gasteiger partial charge in [-0.15, -0.1) is 0 Å². The highest BCUT2D eigenvalue weighted by atomic mass is 79.9. The molecule has 1 N–H and O–H groups in total. The van der Waals surface area contributed by atoms with Crippen LogP contribution in [-0.4, -0.2) is 6.61 Å². The topological polar surface area (TPSA) is 21.3 Å². The van der Waals surface area contributed by atoms with Crippen LogP contribution in [0.1, 0.15) is 12.5 Å². The Morgan fingerprint density at radius 3 is 2.67 bits per heavy atom. The largest absolute Gasteiger partial charge is 0.491 e. The first kappa shape index (κ1) is 16.4. The van der Waals surface area contributed by atoms with Crippen molar-refractivity contribution in [2.45, 2.75) is 13.5 Å². The van der Waals surface area contributed by atoms with E-state index in [-0.39, 0.29) is 5.02 Å². The monoisotopic (exact) mass is 391 g/mol. The molecule has 0 spiro atoms. The second-order valence-electron chi connectivity index (χ2n) is 4.30. The van der Waals surface area contributed by atoms with Gasteiger partial charge in [-0.3, -0.25) is 0 Å². The Bertz CT molecular complexity index is 652. The average Bonchev–Trinajstić information content (AvgIpc) is 2.43. The lowest BCUT2D eigenvalue weighted by Crippen LogP contribution is -2.04. The highest BCUT2D eigenvalue weighted by Crippen LogP contribution is 2.36. The van der Waals surface area contributed by atoms with Gasteiger partial charge in [0.2, 0.25) is 0 Å². The molecule has 0 saturated carbocycles. The summed E-state index contributed by atoms with van der Waals surface area (Å²) in [4.78, 5) is 0. The van der Waals surface area contributed by atoms with Crippen LogP contribution in [0.25, 0.3) is 0 Å². The fourth-order valence-electron chi connectivity index (χ4n) is 1.83. The van der Waals surface area contributed by atoms with Crippen molar-refractivity contribution in [2.24, 2.45) is 0 Å². The molecule has 2 aromatic rings. The van der Waals surface area contributed by atoms with E-state index in [4.69, 9.17) is 27.9 Å². The van der Waals surface area contributed by atoms with Crippen molar-refractivity contribution in [3.8, 4) is 5.75 Å². The van der Waals surface area contributed by atoms with Crippen LogP contribution < -0.4 is 10.1 Å². The van der Waals surface area contributed by atoms with Crippen LogP contribution in [0.5, 0.6) is 5.75 Å². The fraction of sp³-hybridized carbons (Fsp3) is 0.200. The Hall–Kier alpha value is -0.970. The maximum Gasteiger partial charge on any atom is 0.156 e. The molecule has 0 aliphatic heterocycles. The first-order chi connectivity index (χ1) is 10.0. The lowest BCUT2D eigenvalue weighted by atomic mass is 10.2. The van der Waals surface area contributed by atoms with Gasteiger partial charge in [0.25, 0.3) is 0 Å². The number of ether oxygens (including phenoxy) is 1. The van der Waals surface area contributed by atoms with Gasteiger partial charge >= 0.3 is 0 Å².